The lowest BCUT2D eigenvalue weighted by Crippen LogP contribution is -2.22. The van der Waals surface area contributed by atoms with Crippen LogP contribution in [-0.2, 0) is 13.2 Å². The minimum Gasteiger partial charge on any atom is -0.354 e. The molecule has 9 nitrogen and oxygen atoms in total. The van der Waals surface area contributed by atoms with Crippen molar-refractivity contribution in [3.05, 3.63) is 60.0 Å². The molecule has 0 radical (unpaired) electrons. The van der Waals surface area contributed by atoms with Crippen LogP contribution >= 0.6 is 0 Å². The molecule has 2 aromatic carbocycles. The molecule has 0 aliphatic carbocycles. The summed E-state index contributed by atoms with van der Waals surface area (Å²) in [5.41, 5.74) is 0.766. The highest BCUT2D eigenvalue weighted by Gasteiger charge is 2.31. The molecule has 5 rings (SSSR count). The summed E-state index contributed by atoms with van der Waals surface area (Å²) in [7, 11) is 1.79. The Morgan fingerprint density at radius 3 is 2.52 bits per heavy atom. The fraction of sp³-hybridized carbons (Fsp3) is 0.333. The third-order valence-electron chi connectivity index (χ3n) is 6.67. The number of aromatic nitrogens is 4. The number of fused-ring (bicyclic) bond motifs is 1. The van der Waals surface area contributed by atoms with Crippen LogP contribution in [0.25, 0.3) is 22.3 Å². The summed E-state index contributed by atoms with van der Waals surface area (Å²) < 4.78 is 54.4. The second-order valence-electron chi connectivity index (χ2n) is 9.58. The molecule has 3 heterocycles. The number of likely N-dealkylation sites (tertiary alicyclic amines) is 1. The monoisotopic (exact) mass is 556 g/mol. The highest BCUT2D eigenvalue weighted by atomic mass is 19.4. The Hall–Kier alpha value is -4.26. The first-order valence-corrected chi connectivity index (χ1v) is 12.9. The van der Waals surface area contributed by atoms with Gasteiger partial charge in [-0.05, 0) is 69.2 Å². The number of aryl methyl sites for hydroxylation is 1. The number of nitrogens with zero attached hydrogens (tertiary/aromatic N) is 5. The smallest absolute Gasteiger partial charge is 0.354 e. The first-order chi connectivity index (χ1) is 19.2. The number of urea groups is 1. The Kier molecular flexibility index (Phi) is 7.83. The van der Waals surface area contributed by atoms with Gasteiger partial charge in [0.1, 0.15) is 11.5 Å². The Balaban J connectivity index is 1.22. The van der Waals surface area contributed by atoms with Crippen molar-refractivity contribution in [1.29, 1.82) is 0 Å². The van der Waals surface area contributed by atoms with E-state index < -0.39 is 29.3 Å². The molecule has 1 fully saturated rings. The van der Waals surface area contributed by atoms with Crippen molar-refractivity contribution in [2.75, 3.05) is 42.1 Å². The van der Waals surface area contributed by atoms with Crippen LogP contribution in [0, 0.1) is 5.82 Å². The van der Waals surface area contributed by atoms with Gasteiger partial charge in [0.25, 0.3) is 0 Å². The van der Waals surface area contributed by atoms with Gasteiger partial charge in [-0.1, -0.05) is 12.1 Å². The average Bonchev–Trinajstić information content (AvgIpc) is 3.55. The molecule has 0 unspecified atom stereocenters. The summed E-state index contributed by atoms with van der Waals surface area (Å²) in [6, 6.07) is 7.59. The molecule has 0 bridgehead atoms. The van der Waals surface area contributed by atoms with Gasteiger partial charge in [-0.2, -0.15) is 23.3 Å². The third kappa shape index (κ3) is 6.30. The van der Waals surface area contributed by atoms with E-state index in [1.165, 1.54) is 25.9 Å². The number of halogens is 4. The van der Waals surface area contributed by atoms with Crippen molar-refractivity contribution < 1.29 is 22.4 Å². The van der Waals surface area contributed by atoms with E-state index in [0.29, 0.717) is 41.2 Å². The van der Waals surface area contributed by atoms with E-state index in [-0.39, 0.29) is 0 Å². The van der Waals surface area contributed by atoms with E-state index in [1.807, 2.05) is 0 Å². The Morgan fingerprint density at radius 2 is 1.80 bits per heavy atom. The number of anilines is 3. The van der Waals surface area contributed by atoms with Crippen LogP contribution in [0.5, 0.6) is 0 Å². The molecule has 0 spiro atoms. The molecule has 1 aliphatic heterocycles. The molecule has 3 N–H and O–H groups in total. The third-order valence-corrected chi connectivity index (χ3v) is 6.67. The topological polar surface area (TPSA) is 100 Å². The SMILES string of the molecule is Cn1nc(-c2ccc(NC(=O)Nc3cc(C(F)(F)F)ccc3F)cc2)c2cnc(NCCCN3CCCC3)nc21. The number of rotatable bonds is 8. The van der Waals surface area contributed by atoms with Crippen LogP contribution in [0.4, 0.5) is 39.7 Å². The molecule has 0 saturated carbocycles. The number of hydrogen-bond donors (Lipinski definition) is 3. The van der Waals surface area contributed by atoms with Gasteiger partial charge in [0.05, 0.1) is 16.6 Å². The molecule has 210 valence electrons. The van der Waals surface area contributed by atoms with Gasteiger partial charge in [-0.25, -0.2) is 18.9 Å². The minimum absolute atomic E-state index is 0.352. The molecule has 1 saturated heterocycles. The lowest BCUT2D eigenvalue weighted by Gasteiger charge is -2.14. The normalized spacial score (nSPS) is 14.0. The number of benzene rings is 2. The Bertz CT molecular complexity index is 1500. The van der Waals surface area contributed by atoms with E-state index in [2.05, 4.69) is 35.9 Å². The van der Waals surface area contributed by atoms with E-state index in [9.17, 15) is 22.4 Å². The lowest BCUT2D eigenvalue weighted by molar-refractivity contribution is -0.137. The summed E-state index contributed by atoms with van der Waals surface area (Å²) >= 11 is 0. The number of amides is 2. The summed E-state index contributed by atoms with van der Waals surface area (Å²) in [5.74, 6) is -0.450. The lowest BCUT2D eigenvalue weighted by atomic mass is 10.1. The number of hydrogen-bond acceptors (Lipinski definition) is 6. The summed E-state index contributed by atoms with van der Waals surface area (Å²) in [6.07, 6.45) is 0.606. The molecular weight excluding hydrogens is 528 g/mol. The zero-order chi connectivity index (χ0) is 28.3. The van der Waals surface area contributed by atoms with Gasteiger partial charge in [0, 0.05) is 31.0 Å². The molecule has 2 amide bonds. The van der Waals surface area contributed by atoms with Gasteiger partial charge < -0.3 is 20.9 Å². The second-order valence-corrected chi connectivity index (χ2v) is 9.58. The molecule has 0 atom stereocenters. The van der Waals surface area contributed by atoms with Gasteiger partial charge in [0.15, 0.2) is 5.65 Å². The standard InChI is InChI=1S/C27H28F4N8O/c1-38-24-20(16-33-25(36-24)32-11-4-14-39-12-2-3-13-39)23(37-38)17-5-8-19(9-6-17)34-26(40)35-22-15-18(27(29,30)31)7-10-21(22)28/h5-10,15-16H,2-4,11-14H2,1H3,(H,32,33,36)(H2,34,35,40). The van der Waals surface area contributed by atoms with Gasteiger partial charge in [-0.15, -0.1) is 0 Å². The van der Waals surface area contributed by atoms with Crippen molar-refractivity contribution in [2.24, 2.45) is 7.05 Å². The molecular formula is C27H28F4N8O. The van der Waals surface area contributed by atoms with Crippen LogP contribution in [0.2, 0.25) is 0 Å². The number of carbonyl (C=O) groups is 1. The predicted molar refractivity (Wildman–Crippen MR) is 145 cm³/mol. The van der Waals surface area contributed by atoms with Crippen LogP contribution in [-0.4, -0.2) is 56.9 Å². The minimum atomic E-state index is -4.66. The summed E-state index contributed by atoms with van der Waals surface area (Å²) in [5, 5.41) is 13.2. The zero-order valence-corrected chi connectivity index (χ0v) is 21.7. The van der Waals surface area contributed by atoms with Crippen LogP contribution in [0.15, 0.2) is 48.7 Å². The quantitative estimate of drug-likeness (QED) is 0.189. The molecule has 1 aliphatic rings. The van der Waals surface area contributed by atoms with Crippen LogP contribution < -0.4 is 16.0 Å². The predicted octanol–water partition coefficient (Wildman–Crippen LogP) is 5.73. The van der Waals surface area contributed by atoms with Crippen LogP contribution in [0.1, 0.15) is 24.8 Å². The molecule has 2 aromatic heterocycles. The van der Waals surface area contributed by atoms with E-state index in [0.717, 1.165) is 30.5 Å². The molecule has 40 heavy (non-hydrogen) atoms. The highest BCUT2D eigenvalue weighted by Crippen LogP contribution is 2.32. The van der Waals surface area contributed by atoms with Gasteiger partial charge in [0.2, 0.25) is 5.95 Å². The van der Waals surface area contributed by atoms with E-state index >= 15 is 0 Å². The largest absolute Gasteiger partial charge is 0.416 e. The molecule has 13 heteroatoms. The maximum Gasteiger partial charge on any atom is 0.416 e. The highest BCUT2D eigenvalue weighted by molar-refractivity contribution is 6.00. The van der Waals surface area contributed by atoms with Crippen molar-refractivity contribution in [1.82, 2.24) is 24.6 Å². The number of nitrogens with one attached hydrogen (secondary N) is 3. The Labute approximate surface area is 227 Å². The zero-order valence-electron chi connectivity index (χ0n) is 21.7. The van der Waals surface area contributed by atoms with Crippen molar-refractivity contribution in [2.45, 2.75) is 25.4 Å². The van der Waals surface area contributed by atoms with E-state index in [1.54, 1.807) is 42.2 Å². The Morgan fingerprint density at radius 1 is 1.05 bits per heavy atom. The number of carbonyl (C=O) groups excluding carboxylic acids is 1. The van der Waals surface area contributed by atoms with Crippen molar-refractivity contribution in [3.8, 4) is 11.3 Å². The van der Waals surface area contributed by atoms with E-state index in [4.69, 9.17) is 0 Å². The fourth-order valence-electron chi connectivity index (χ4n) is 4.64. The summed E-state index contributed by atoms with van der Waals surface area (Å²) in [4.78, 5) is 23.8. The van der Waals surface area contributed by atoms with Crippen molar-refractivity contribution >= 4 is 34.4 Å². The average molecular weight is 557 g/mol. The second kappa shape index (κ2) is 11.5. The molecule has 4 aromatic rings. The number of alkyl halides is 3. The summed E-state index contributed by atoms with van der Waals surface area (Å²) in [6.45, 7) is 4.17. The van der Waals surface area contributed by atoms with Gasteiger partial charge >= 0.3 is 12.2 Å². The van der Waals surface area contributed by atoms with Crippen LogP contribution in [0.3, 0.4) is 0 Å². The van der Waals surface area contributed by atoms with Crippen molar-refractivity contribution in [3.63, 3.8) is 0 Å². The maximum absolute atomic E-state index is 14.0. The first-order valence-electron chi connectivity index (χ1n) is 12.9. The fourth-order valence-corrected chi connectivity index (χ4v) is 4.64. The maximum atomic E-state index is 14.0. The first kappa shape index (κ1) is 27.3. The van der Waals surface area contributed by atoms with Gasteiger partial charge in [-0.3, -0.25) is 0 Å².